The predicted octanol–water partition coefficient (Wildman–Crippen LogP) is 2.23. The number of rotatable bonds is 3. The van der Waals surface area contributed by atoms with Gasteiger partial charge in [0.05, 0.1) is 0 Å². The molecular formula is C12H11N3O2. The normalized spacial score (nSPS) is 9.94. The molecule has 2 N–H and O–H groups in total. The number of aryl methyl sites for hydroxylation is 1. The average Bonchev–Trinajstić information content (AvgIpc) is 2.33. The Kier molecular flexibility index (Phi) is 3.00. The molecule has 5 nitrogen and oxygen atoms in total. The van der Waals surface area contributed by atoms with Gasteiger partial charge in [-0.2, -0.15) is 0 Å². The number of carboxylic acid groups (broad SMARTS) is 1. The summed E-state index contributed by atoms with van der Waals surface area (Å²) in [6.45, 7) is 2.01. The summed E-state index contributed by atoms with van der Waals surface area (Å²) in [6.07, 6.45) is 0. The maximum atomic E-state index is 10.6. The van der Waals surface area contributed by atoms with E-state index < -0.39 is 5.97 Å². The van der Waals surface area contributed by atoms with Crippen LogP contribution in [0.2, 0.25) is 0 Å². The van der Waals surface area contributed by atoms with Crippen molar-refractivity contribution in [2.24, 2.45) is 0 Å². The van der Waals surface area contributed by atoms with E-state index in [0.29, 0.717) is 5.82 Å². The number of carbonyl (C=O) groups is 1. The van der Waals surface area contributed by atoms with Crippen molar-refractivity contribution in [3.63, 3.8) is 0 Å². The standard InChI is InChI=1S/C12H11N3O2/c1-8-2-4-9(5-3-8)13-11-7-6-10(12(16)17)14-15-11/h2-7H,1H3,(H,13,15)(H,16,17). The fourth-order valence-electron chi connectivity index (χ4n) is 1.30. The summed E-state index contributed by atoms with van der Waals surface area (Å²) >= 11 is 0. The number of anilines is 2. The lowest BCUT2D eigenvalue weighted by Gasteiger charge is -2.04. The minimum atomic E-state index is -1.08. The molecule has 1 aromatic heterocycles. The molecule has 0 aliphatic heterocycles. The van der Waals surface area contributed by atoms with Gasteiger partial charge in [-0.25, -0.2) is 4.79 Å². The van der Waals surface area contributed by atoms with Gasteiger partial charge in [-0.1, -0.05) is 17.7 Å². The molecule has 5 heteroatoms. The molecule has 0 fully saturated rings. The van der Waals surface area contributed by atoms with Crippen LogP contribution in [0.1, 0.15) is 16.1 Å². The van der Waals surface area contributed by atoms with Crippen LogP contribution in [0.5, 0.6) is 0 Å². The van der Waals surface area contributed by atoms with Crippen LogP contribution in [0, 0.1) is 6.92 Å². The Bertz CT molecular complexity index is 520. The number of nitrogens with zero attached hydrogens (tertiary/aromatic N) is 2. The fourth-order valence-corrected chi connectivity index (χ4v) is 1.30. The van der Waals surface area contributed by atoms with Gasteiger partial charge in [-0.15, -0.1) is 10.2 Å². The van der Waals surface area contributed by atoms with Crippen molar-refractivity contribution in [3.05, 3.63) is 47.7 Å². The summed E-state index contributed by atoms with van der Waals surface area (Å²) < 4.78 is 0. The highest BCUT2D eigenvalue weighted by molar-refractivity contribution is 5.85. The Balaban J connectivity index is 2.13. The number of benzene rings is 1. The molecule has 17 heavy (non-hydrogen) atoms. The lowest BCUT2D eigenvalue weighted by Crippen LogP contribution is -2.03. The number of hydrogen-bond donors (Lipinski definition) is 2. The van der Waals surface area contributed by atoms with E-state index in [1.54, 1.807) is 6.07 Å². The molecule has 0 aliphatic carbocycles. The van der Waals surface area contributed by atoms with Gasteiger partial charge >= 0.3 is 5.97 Å². The van der Waals surface area contributed by atoms with Crippen LogP contribution >= 0.6 is 0 Å². The maximum absolute atomic E-state index is 10.6. The number of aromatic nitrogens is 2. The van der Waals surface area contributed by atoms with Gasteiger partial charge < -0.3 is 10.4 Å². The summed E-state index contributed by atoms with van der Waals surface area (Å²) in [5.74, 6) is -0.571. The molecule has 1 heterocycles. The summed E-state index contributed by atoms with van der Waals surface area (Å²) in [4.78, 5) is 10.6. The Hall–Kier alpha value is -2.43. The van der Waals surface area contributed by atoms with Gasteiger partial charge in [0.15, 0.2) is 11.5 Å². The lowest BCUT2D eigenvalue weighted by molar-refractivity contribution is 0.0689. The van der Waals surface area contributed by atoms with E-state index in [0.717, 1.165) is 5.69 Å². The highest BCUT2D eigenvalue weighted by Crippen LogP contribution is 2.14. The molecule has 2 aromatic rings. The van der Waals surface area contributed by atoms with Crippen LogP contribution in [0.4, 0.5) is 11.5 Å². The van der Waals surface area contributed by atoms with Crippen molar-refractivity contribution in [1.82, 2.24) is 10.2 Å². The van der Waals surface area contributed by atoms with Crippen LogP contribution in [0.3, 0.4) is 0 Å². The van der Waals surface area contributed by atoms with Crippen molar-refractivity contribution in [2.75, 3.05) is 5.32 Å². The van der Waals surface area contributed by atoms with Gasteiger partial charge in [0.25, 0.3) is 0 Å². The van der Waals surface area contributed by atoms with Crippen LogP contribution in [-0.2, 0) is 0 Å². The molecule has 0 aliphatic rings. The first-order chi connectivity index (χ1) is 8.15. The number of hydrogen-bond acceptors (Lipinski definition) is 4. The molecular weight excluding hydrogens is 218 g/mol. The van der Waals surface area contributed by atoms with Crippen molar-refractivity contribution >= 4 is 17.5 Å². The number of carboxylic acids is 1. The summed E-state index contributed by atoms with van der Waals surface area (Å²) in [5, 5.41) is 19.1. The zero-order valence-corrected chi connectivity index (χ0v) is 9.21. The molecule has 0 spiro atoms. The fraction of sp³-hybridized carbons (Fsp3) is 0.0833. The SMILES string of the molecule is Cc1ccc(Nc2ccc(C(=O)O)nn2)cc1. The van der Waals surface area contributed by atoms with Gasteiger partial charge in [0, 0.05) is 5.69 Å². The molecule has 0 bridgehead atoms. The molecule has 0 radical (unpaired) electrons. The minimum Gasteiger partial charge on any atom is -0.476 e. The van der Waals surface area contributed by atoms with Gasteiger partial charge in [-0.3, -0.25) is 0 Å². The Morgan fingerprint density at radius 1 is 1.12 bits per heavy atom. The maximum Gasteiger partial charge on any atom is 0.356 e. The predicted molar refractivity (Wildman–Crippen MR) is 63.5 cm³/mol. The molecule has 0 saturated carbocycles. The molecule has 1 aromatic carbocycles. The zero-order valence-electron chi connectivity index (χ0n) is 9.21. The minimum absolute atomic E-state index is 0.0699. The molecule has 0 unspecified atom stereocenters. The van der Waals surface area contributed by atoms with E-state index in [9.17, 15) is 4.79 Å². The third kappa shape index (κ3) is 2.78. The topological polar surface area (TPSA) is 75.1 Å². The van der Waals surface area contributed by atoms with Crippen molar-refractivity contribution in [3.8, 4) is 0 Å². The van der Waals surface area contributed by atoms with Crippen LogP contribution in [0.25, 0.3) is 0 Å². The third-order valence-corrected chi connectivity index (χ3v) is 2.21. The zero-order chi connectivity index (χ0) is 12.3. The average molecular weight is 229 g/mol. The van der Waals surface area contributed by atoms with Gasteiger partial charge in [0.2, 0.25) is 0 Å². The summed E-state index contributed by atoms with van der Waals surface area (Å²) in [7, 11) is 0. The molecule has 2 rings (SSSR count). The van der Waals surface area contributed by atoms with Gasteiger partial charge in [0.1, 0.15) is 0 Å². The van der Waals surface area contributed by atoms with E-state index in [2.05, 4.69) is 15.5 Å². The smallest absolute Gasteiger partial charge is 0.356 e. The summed E-state index contributed by atoms with van der Waals surface area (Å²) in [6, 6.07) is 10.8. The van der Waals surface area contributed by atoms with Gasteiger partial charge in [-0.05, 0) is 31.2 Å². The molecule has 86 valence electrons. The van der Waals surface area contributed by atoms with E-state index in [1.807, 2.05) is 31.2 Å². The Labute approximate surface area is 98.1 Å². The van der Waals surface area contributed by atoms with Crippen LogP contribution < -0.4 is 5.32 Å². The highest BCUT2D eigenvalue weighted by atomic mass is 16.4. The van der Waals surface area contributed by atoms with Crippen LogP contribution in [-0.4, -0.2) is 21.3 Å². The van der Waals surface area contributed by atoms with Crippen molar-refractivity contribution in [1.29, 1.82) is 0 Å². The summed E-state index contributed by atoms with van der Waals surface area (Å²) in [5.41, 5.74) is 1.98. The third-order valence-electron chi connectivity index (χ3n) is 2.21. The monoisotopic (exact) mass is 229 g/mol. The molecule has 0 atom stereocenters. The Morgan fingerprint density at radius 2 is 1.82 bits per heavy atom. The molecule has 0 saturated heterocycles. The van der Waals surface area contributed by atoms with Crippen LogP contribution in [0.15, 0.2) is 36.4 Å². The van der Waals surface area contributed by atoms with E-state index in [1.165, 1.54) is 11.6 Å². The Morgan fingerprint density at radius 3 is 2.35 bits per heavy atom. The second-order valence-corrected chi connectivity index (χ2v) is 3.60. The molecule has 0 amide bonds. The van der Waals surface area contributed by atoms with E-state index >= 15 is 0 Å². The second kappa shape index (κ2) is 4.61. The lowest BCUT2D eigenvalue weighted by atomic mass is 10.2. The first-order valence-electron chi connectivity index (χ1n) is 5.06. The quantitative estimate of drug-likeness (QED) is 0.844. The highest BCUT2D eigenvalue weighted by Gasteiger charge is 2.04. The van der Waals surface area contributed by atoms with E-state index in [-0.39, 0.29) is 5.69 Å². The number of nitrogens with one attached hydrogen (secondary N) is 1. The number of aromatic carboxylic acids is 1. The first-order valence-corrected chi connectivity index (χ1v) is 5.06. The largest absolute Gasteiger partial charge is 0.476 e. The first kappa shape index (κ1) is 11.1. The second-order valence-electron chi connectivity index (χ2n) is 3.60. The van der Waals surface area contributed by atoms with Crippen molar-refractivity contribution in [2.45, 2.75) is 6.92 Å². The van der Waals surface area contributed by atoms with Crippen molar-refractivity contribution < 1.29 is 9.90 Å². The van der Waals surface area contributed by atoms with E-state index in [4.69, 9.17) is 5.11 Å².